The first-order chi connectivity index (χ1) is 9.28. The lowest BCUT2D eigenvalue weighted by Gasteiger charge is -2.26. The summed E-state index contributed by atoms with van der Waals surface area (Å²) in [6.07, 6.45) is 8.44. The first kappa shape index (κ1) is 14.3. The Kier molecular flexibility index (Phi) is 5.64. The summed E-state index contributed by atoms with van der Waals surface area (Å²) in [5.74, 6) is 0.875. The molecule has 1 saturated carbocycles. The molecule has 0 aliphatic heterocycles. The first-order valence-corrected chi connectivity index (χ1v) is 7.58. The molecule has 0 radical (unpaired) electrons. The minimum atomic E-state index is 0.435. The van der Waals surface area contributed by atoms with Crippen molar-refractivity contribution in [3.05, 3.63) is 24.0 Å². The molecule has 2 rings (SSSR count). The fraction of sp³-hybridized carbons (Fsp3) is 0.688. The number of nitrogens with zero attached hydrogens (tertiary/aromatic N) is 1. The third-order valence-corrected chi connectivity index (χ3v) is 3.83. The number of ether oxygens (including phenoxy) is 1. The summed E-state index contributed by atoms with van der Waals surface area (Å²) >= 11 is 0. The second-order valence-electron chi connectivity index (χ2n) is 5.66. The van der Waals surface area contributed by atoms with E-state index in [1.54, 1.807) is 0 Å². The van der Waals surface area contributed by atoms with E-state index in [-0.39, 0.29) is 0 Å². The predicted octanol–water partition coefficient (Wildman–Crippen LogP) is 4.00. The number of aromatic nitrogens is 1. The molecule has 106 valence electrons. The van der Waals surface area contributed by atoms with E-state index in [1.807, 2.05) is 12.3 Å². The Morgan fingerprint density at radius 1 is 1.32 bits per heavy atom. The van der Waals surface area contributed by atoms with Crippen molar-refractivity contribution in [2.24, 2.45) is 5.92 Å². The van der Waals surface area contributed by atoms with Crippen LogP contribution in [0.3, 0.4) is 0 Å². The van der Waals surface area contributed by atoms with Crippen molar-refractivity contribution in [3.63, 3.8) is 0 Å². The molecule has 1 aliphatic rings. The number of pyridine rings is 1. The Bertz CT molecular complexity index is 373. The number of rotatable bonds is 6. The maximum Gasteiger partial charge on any atom is 0.0892 e. The van der Waals surface area contributed by atoms with Crippen molar-refractivity contribution in [1.29, 1.82) is 0 Å². The second kappa shape index (κ2) is 7.49. The van der Waals surface area contributed by atoms with Gasteiger partial charge in [-0.15, -0.1) is 0 Å². The van der Waals surface area contributed by atoms with E-state index in [4.69, 9.17) is 4.74 Å². The normalized spacial score (nSPS) is 23.3. The first-order valence-electron chi connectivity index (χ1n) is 7.58. The van der Waals surface area contributed by atoms with Gasteiger partial charge in [-0.2, -0.15) is 0 Å². The van der Waals surface area contributed by atoms with Crippen LogP contribution in [0.25, 0.3) is 0 Å². The Balaban J connectivity index is 1.78. The molecule has 0 saturated heterocycles. The van der Waals surface area contributed by atoms with Crippen LogP contribution in [0.1, 0.15) is 51.6 Å². The SMILES string of the molecule is CCCNc1ccnc(COC2CCC(C)CC2)c1. The summed E-state index contributed by atoms with van der Waals surface area (Å²) in [4.78, 5) is 4.38. The van der Waals surface area contributed by atoms with Crippen LogP contribution < -0.4 is 5.32 Å². The molecule has 1 fully saturated rings. The highest BCUT2D eigenvalue weighted by Gasteiger charge is 2.18. The van der Waals surface area contributed by atoms with Gasteiger partial charge in [0.1, 0.15) is 0 Å². The lowest BCUT2D eigenvalue weighted by Crippen LogP contribution is -2.20. The molecule has 0 aromatic carbocycles. The lowest BCUT2D eigenvalue weighted by molar-refractivity contribution is 0.00730. The van der Waals surface area contributed by atoms with Crippen LogP contribution in [-0.2, 0) is 11.3 Å². The van der Waals surface area contributed by atoms with Crippen molar-refractivity contribution in [2.45, 2.75) is 58.7 Å². The summed E-state index contributed by atoms with van der Waals surface area (Å²) in [6.45, 7) is 6.15. The molecule has 1 aromatic rings. The summed E-state index contributed by atoms with van der Waals surface area (Å²) in [5.41, 5.74) is 2.17. The van der Waals surface area contributed by atoms with Gasteiger partial charge < -0.3 is 10.1 Å². The van der Waals surface area contributed by atoms with Gasteiger partial charge in [-0.1, -0.05) is 13.8 Å². The number of hydrogen-bond donors (Lipinski definition) is 1. The van der Waals surface area contributed by atoms with Crippen LogP contribution in [-0.4, -0.2) is 17.6 Å². The van der Waals surface area contributed by atoms with Crippen molar-refractivity contribution in [1.82, 2.24) is 4.98 Å². The molecule has 19 heavy (non-hydrogen) atoms. The lowest BCUT2D eigenvalue weighted by atomic mass is 9.89. The molecule has 1 aromatic heterocycles. The monoisotopic (exact) mass is 262 g/mol. The summed E-state index contributed by atoms with van der Waals surface area (Å²) in [5, 5.41) is 3.38. The van der Waals surface area contributed by atoms with Gasteiger partial charge in [-0.25, -0.2) is 0 Å². The molecule has 1 heterocycles. The molecule has 0 amide bonds. The minimum absolute atomic E-state index is 0.435. The van der Waals surface area contributed by atoms with Crippen LogP contribution >= 0.6 is 0 Å². The molecule has 1 N–H and O–H groups in total. The number of nitrogens with one attached hydrogen (secondary N) is 1. The van der Waals surface area contributed by atoms with Gasteiger partial charge >= 0.3 is 0 Å². The van der Waals surface area contributed by atoms with Crippen LogP contribution in [0.4, 0.5) is 5.69 Å². The van der Waals surface area contributed by atoms with Gasteiger partial charge in [0.05, 0.1) is 18.4 Å². The Morgan fingerprint density at radius 3 is 2.84 bits per heavy atom. The van der Waals surface area contributed by atoms with Crippen LogP contribution in [0.2, 0.25) is 0 Å². The Morgan fingerprint density at radius 2 is 2.11 bits per heavy atom. The number of anilines is 1. The zero-order chi connectivity index (χ0) is 13.5. The predicted molar refractivity (Wildman–Crippen MR) is 79.2 cm³/mol. The van der Waals surface area contributed by atoms with E-state index < -0.39 is 0 Å². The molecule has 0 bridgehead atoms. The van der Waals surface area contributed by atoms with Crippen LogP contribution in [0.15, 0.2) is 18.3 Å². The summed E-state index contributed by atoms with van der Waals surface area (Å²) < 4.78 is 5.99. The third-order valence-electron chi connectivity index (χ3n) is 3.83. The molecule has 0 spiro atoms. The smallest absolute Gasteiger partial charge is 0.0892 e. The van der Waals surface area contributed by atoms with E-state index in [0.717, 1.165) is 30.3 Å². The molecule has 0 atom stereocenters. The number of hydrogen-bond acceptors (Lipinski definition) is 3. The highest BCUT2D eigenvalue weighted by Crippen LogP contribution is 2.26. The van der Waals surface area contributed by atoms with Crippen molar-refractivity contribution in [2.75, 3.05) is 11.9 Å². The van der Waals surface area contributed by atoms with Gasteiger partial charge in [-0.3, -0.25) is 4.98 Å². The van der Waals surface area contributed by atoms with Crippen molar-refractivity contribution in [3.8, 4) is 0 Å². The highest BCUT2D eigenvalue weighted by atomic mass is 16.5. The highest BCUT2D eigenvalue weighted by molar-refractivity contribution is 5.42. The largest absolute Gasteiger partial charge is 0.385 e. The van der Waals surface area contributed by atoms with Crippen LogP contribution in [0, 0.1) is 5.92 Å². The maximum atomic E-state index is 5.99. The third kappa shape index (κ3) is 4.83. The van der Waals surface area contributed by atoms with E-state index in [9.17, 15) is 0 Å². The average molecular weight is 262 g/mol. The quantitative estimate of drug-likeness (QED) is 0.841. The molecule has 3 heteroatoms. The molecule has 1 aliphatic carbocycles. The topological polar surface area (TPSA) is 34.2 Å². The van der Waals surface area contributed by atoms with E-state index in [2.05, 4.69) is 30.2 Å². The molecular weight excluding hydrogens is 236 g/mol. The van der Waals surface area contributed by atoms with E-state index in [0.29, 0.717) is 12.7 Å². The van der Waals surface area contributed by atoms with Crippen LogP contribution in [0.5, 0.6) is 0 Å². The standard InChI is InChI=1S/C16H26N2O/c1-3-9-17-14-8-10-18-15(11-14)12-19-16-6-4-13(2)5-7-16/h8,10-11,13,16H,3-7,9,12H2,1-2H3,(H,17,18). The van der Waals surface area contributed by atoms with Gasteiger partial charge in [-0.05, 0) is 50.2 Å². The average Bonchev–Trinajstić information content (AvgIpc) is 2.45. The van der Waals surface area contributed by atoms with E-state index in [1.165, 1.54) is 25.7 Å². The molecular formula is C16H26N2O. The van der Waals surface area contributed by atoms with Gasteiger partial charge in [0.15, 0.2) is 0 Å². The second-order valence-corrected chi connectivity index (χ2v) is 5.66. The zero-order valence-electron chi connectivity index (χ0n) is 12.2. The maximum absolute atomic E-state index is 5.99. The minimum Gasteiger partial charge on any atom is -0.385 e. The van der Waals surface area contributed by atoms with Gasteiger partial charge in [0.2, 0.25) is 0 Å². The summed E-state index contributed by atoms with van der Waals surface area (Å²) in [6, 6.07) is 4.11. The molecule has 0 unspecified atom stereocenters. The molecule has 3 nitrogen and oxygen atoms in total. The Hall–Kier alpha value is -1.09. The van der Waals surface area contributed by atoms with Gasteiger partial charge in [0.25, 0.3) is 0 Å². The van der Waals surface area contributed by atoms with Crippen molar-refractivity contribution < 1.29 is 4.74 Å². The fourth-order valence-corrected chi connectivity index (χ4v) is 2.54. The summed E-state index contributed by atoms with van der Waals surface area (Å²) in [7, 11) is 0. The Labute approximate surface area is 116 Å². The van der Waals surface area contributed by atoms with E-state index >= 15 is 0 Å². The van der Waals surface area contributed by atoms with Crippen molar-refractivity contribution >= 4 is 5.69 Å². The zero-order valence-corrected chi connectivity index (χ0v) is 12.2. The van der Waals surface area contributed by atoms with Gasteiger partial charge in [0, 0.05) is 18.4 Å². The fourth-order valence-electron chi connectivity index (χ4n) is 2.54.